The molecule has 1 heterocycles. The van der Waals surface area contributed by atoms with Crippen LogP contribution in [0.3, 0.4) is 0 Å². The molecule has 6 heteroatoms. The number of aliphatic hydroxyl groups is 1. The van der Waals surface area contributed by atoms with Gasteiger partial charge < -0.3 is 14.7 Å². The van der Waals surface area contributed by atoms with E-state index in [4.69, 9.17) is 0 Å². The summed E-state index contributed by atoms with van der Waals surface area (Å²) in [5.74, 6) is 0.271. The van der Waals surface area contributed by atoms with E-state index in [1.807, 2.05) is 6.92 Å². The van der Waals surface area contributed by atoms with Crippen LogP contribution in [0, 0.1) is 5.92 Å². The van der Waals surface area contributed by atoms with Crippen LogP contribution in [0.5, 0.6) is 5.75 Å². The van der Waals surface area contributed by atoms with Gasteiger partial charge >= 0.3 is 6.36 Å². The highest BCUT2D eigenvalue weighted by atomic mass is 19.4. The topological polar surface area (TPSA) is 32.7 Å². The van der Waals surface area contributed by atoms with E-state index in [2.05, 4.69) is 21.8 Å². The largest absolute Gasteiger partial charge is 0.573 e. The molecule has 3 nitrogen and oxygen atoms in total. The fourth-order valence-electron chi connectivity index (χ4n) is 3.77. The van der Waals surface area contributed by atoms with Gasteiger partial charge in [0.25, 0.3) is 0 Å². The third-order valence-electron chi connectivity index (χ3n) is 5.08. The number of nitrogens with zero attached hydrogens (tertiary/aromatic N) is 1. The second kappa shape index (κ2) is 7.74. The molecule has 0 atom stereocenters. The number of alkyl halides is 3. The Morgan fingerprint density at radius 1 is 1.08 bits per heavy atom. The zero-order valence-corrected chi connectivity index (χ0v) is 14.8. The first-order valence-electron chi connectivity index (χ1n) is 9.01. The summed E-state index contributed by atoms with van der Waals surface area (Å²) in [6.07, 6.45) is 4.16. The quantitative estimate of drug-likeness (QED) is 0.799. The van der Waals surface area contributed by atoms with Crippen molar-refractivity contribution in [3.63, 3.8) is 0 Å². The molecular weight excluding hydrogens is 343 g/mol. The Hall–Kier alpha value is -1.95. The van der Waals surface area contributed by atoms with Crippen molar-refractivity contribution in [2.24, 2.45) is 5.92 Å². The number of ether oxygens (including phenoxy) is 1. The Morgan fingerprint density at radius 2 is 1.73 bits per heavy atom. The van der Waals surface area contributed by atoms with Gasteiger partial charge in [0, 0.05) is 17.9 Å². The molecule has 0 aromatic heterocycles. The lowest BCUT2D eigenvalue weighted by Gasteiger charge is -2.27. The van der Waals surface area contributed by atoms with Crippen molar-refractivity contribution in [1.29, 1.82) is 0 Å². The summed E-state index contributed by atoms with van der Waals surface area (Å²) in [4.78, 5) is 2.11. The lowest BCUT2D eigenvalue weighted by molar-refractivity contribution is -0.274. The van der Waals surface area contributed by atoms with E-state index in [0.717, 1.165) is 50.0 Å². The molecule has 2 aliphatic rings. The highest BCUT2D eigenvalue weighted by Crippen LogP contribution is 2.34. The highest BCUT2D eigenvalue weighted by Gasteiger charge is 2.31. The molecule has 0 radical (unpaired) electrons. The van der Waals surface area contributed by atoms with Gasteiger partial charge in [-0.05, 0) is 80.9 Å². The third kappa shape index (κ3) is 4.81. The third-order valence-corrected chi connectivity index (χ3v) is 5.08. The molecule has 1 aliphatic heterocycles. The second-order valence-corrected chi connectivity index (χ2v) is 6.98. The molecule has 142 valence electrons. The standard InChI is InChI=1S/C20H24F3NO2/c1-14-13-16(15-4-8-18(25)9-5-15)3-2-12-24(14)17-6-10-19(11-7-17)26-20(21,22)23/h3,6-7,10-11,13,15,18,25H,2,4-5,8-9,12H2,1H3. The smallest absolute Gasteiger partial charge is 0.406 e. The summed E-state index contributed by atoms with van der Waals surface area (Å²) < 4.78 is 40.8. The van der Waals surface area contributed by atoms with Crippen LogP contribution in [0.1, 0.15) is 39.0 Å². The lowest BCUT2D eigenvalue weighted by atomic mass is 9.82. The molecule has 26 heavy (non-hydrogen) atoms. The molecule has 0 amide bonds. The van der Waals surface area contributed by atoms with Crippen LogP contribution >= 0.6 is 0 Å². The van der Waals surface area contributed by atoms with Gasteiger partial charge in [0.2, 0.25) is 0 Å². The monoisotopic (exact) mass is 367 g/mol. The fourth-order valence-corrected chi connectivity index (χ4v) is 3.77. The lowest BCUT2D eigenvalue weighted by Crippen LogP contribution is -2.21. The van der Waals surface area contributed by atoms with Gasteiger partial charge in [-0.2, -0.15) is 0 Å². The first-order chi connectivity index (χ1) is 12.3. The number of halogens is 3. The minimum Gasteiger partial charge on any atom is -0.406 e. The molecule has 1 fully saturated rings. The van der Waals surface area contributed by atoms with Crippen LogP contribution in [0.15, 0.2) is 47.7 Å². The summed E-state index contributed by atoms with van der Waals surface area (Å²) in [6.45, 7) is 2.80. The normalized spacial score (nSPS) is 24.6. The van der Waals surface area contributed by atoms with E-state index in [9.17, 15) is 18.3 Å². The van der Waals surface area contributed by atoms with E-state index < -0.39 is 6.36 Å². The number of anilines is 1. The van der Waals surface area contributed by atoms with Gasteiger partial charge in [-0.1, -0.05) is 6.08 Å². The molecule has 1 aromatic carbocycles. The highest BCUT2D eigenvalue weighted by molar-refractivity contribution is 5.55. The zero-order chi connectivity index (χ0) is 18.7. The Kier molecular flexibility index (Phi) is 5.61. The van der Waals surface area contributed by atoms with Crippen LogP contribution in [0.2, 0.25) is 0 Å². The second-order valence-electron chi connectivity index (χ2n) is 6.98. The van der Waals surface area contributed by atoms with Crippen molar-refractivity contribution >= 4 is 5.69 Å². The minimum atomic E-state index is -4.67. The average molecular weight is 367 g/mol. The van der Waals surface area contributed by atoms with E-state index in [1.165, 1.54) is 17.7 Å². The van der Waals surface area contributed by atoms with Gasteiger partial charge in [-0.3, -0.25) is 0 Å². The van der Waals surface area contributed by atoms with Crippen LogP contribution < -0.4 is 9.64 Å². The molecule has 1 aliphatic carbocycles. The Bertz CT molecular complexity index is 671. The predicted molar refractivity (Wildman–Crippen MR) is 94.9 cm³/mol. The molecule has 1 N–H and O–H groups in total. The van der Waals surface area contributed by atoms with Crippen molar-refractivity contribution in [3.05, 3.63) is 47.7 Å². The minimum absolute atomic E-state index is 0.170. The molecular formula is C20H24F3NO2. The SMILES string of the molecule is CC1=CC(C2CCC(O)CC2)=CCCN1c1ccc(OC(F)(F)F)cc1. The maximum atomic E-state index is 12.3. The predicted octanol–water partition coefficient (Wildman–Crippen LogP) is 5.18. The number of hydrogen-bond acceptors (Lipinski definition) is 3. The Morgan fingerprint density at radius 3 is 2.35 bits per heavy atom. The summed E-state index contributed by atoms with van der Waals surface area (Å²) >= 11 is 0. The van der Waals surface area contributed by atoms with Gasteiger partial charge in [0.15, 0.2) is 0 Å². The molecule has 0 unspecified atom stereocenters. The van der Waals surface area contributed by atoms with Crippen molar-refractivity contribution in [3.8, 4) is 5.75 Å². The molecule has 0 spiro atoms. The molecule has 0 bridgehead atoms. The van der Waals surface area contributed by atoms with Crippen molar-refractivity contribution in [2.75, 3.05) is 11.4 Å². The van der Waals surface area contributed by atoms with Crippen molar-refractivity contribution in [2.45, 2.75) is 51.5 Å². The Balaban J connectivity index is 1.71. The van der Waals surface area contributed by atoms with Crippen molar-refractivity contribution in [1.82, 2.24) is 0 Å². The van der Waals surface area contributed by atoms with Crippen molar-refractivity contribution < 1.29 is 23.0 Å². The number of aliphatic hydroxyl groups excluding tert-OH is 1. The summed E-state index contributed by atoms with van der Waals surface area (Å²) in [7, 11) is 0. The van der Waals surface area contributed by atoms with Crippen LogP contribution in [0.25, 0.3) is 0 Å². The number of benzene rings is 1. The van der Waals surface area contributed by atoms with Gasteiger partial charge in [-0.25, -0.2) is 0 Å². The van der Waals surface area contributed by atoms with Crippen LogP contribution in [-0.4, -0.2) is 24.1 Å². The molecule has 1 saturated carbocycles. The first-order valence-corrected chi connectivity index (χ1v) is 9.01. The van der Waals surface area contributed by atoms with Crippen LogP contribution in [-0.2, 0) is 0 Å². The molecule has 3 rings (SSSR count). The number of rotatable bonds is 3. The van der Waals surface area contributed by atoms with E-state index in [1.54, 1.807) is 12.1 Å². The molecule has 0 saturated heterocycles. The van der Waals surface area contributed by atoms with E-state index in [-0.39, 0.29) is 11.9 Å². The van der Waals surface area contributed by atoms with E-state index in [0.29, 0.717) is 5.92 Å². The number of hydrogen-bond donors (Lipinski definition) is 1. The van der Waals surface area contributed by atoms with Gasteiger partial charge in [0.05, 0.1) is 6.10 Å². The summed E-state index contributed by atoms with van der Waals surface area (Å²) in [6, 6.07) is 6.00. The maximum Gasteiger partial charge on any atom is 0.573 e. The van der Waals surface area contributed by atoms with Gasteiger partial charge in [0.1, 0.15) is 5.75 Å². The molecule has 1 aromatic rings. The zero-order valence-electron chi connectivity index (χ0n) is 14.8. The first kappa shape index (κ1) is 18.8. The Labute approximate surface area is 151 Å². The van der Waals surface area contributed by atoms with E-state index >= 15 is 0 Å². The number of allylic oxidation sites excluding steroid dienone is 3. The maximum absolute atomic E-state index is 12.3. The summed E-state index contributed by atoms with van der Waals surface area (Å²) in [5.41, 5.74) is 3.24. The summed E-state index contributed by atoms with van der Waals surface area (Å²) in [5, 5.41) is 9.69. The fraction of sp³-hybridized carbons (Fsp3) is 0.500. The van der Waals surface area contributed by atoms with Crippen LogP contribution in [0.4, 0.5) is 18.9 Å². The average Bonchev–Trinajstić information content (AvgIpc) is 2.77. The van der Waals surface area contributed by atoms with Gasteiger partial charge in [-0.15, -0.1) is 13.2 Å².